The molecule has 0 aliphatic heterocycles. The van der Waals surface area contributed by atoms with E-state index >= 15 is 0 Å². The predicted octanol–water partition coefficient (Wildman–Crippen LogP) is 12.8. The van der Waals surface area contributed by atoms with Gasteiger partial charge in [0, 0.05) is 13.0 Å². The number of aliphatic hydroxyl groups excluding tert-OH is 1. The van der Waals surface area contributed by atoms with Crippen LogP contribution in [0.2, 0.25) is 0 Å². The largest absolute Gasteiger partial charge is 0.472 e. The fourth-order valence-electron chi connectivity index (χ4n) is 6.14. The van der Waals surface area contributed by atoms with E-state index in [0.29, 0.717) is 6.42 Å². The zero-order valence-electron chi connectivity index (χ0n) is 35.8. The minimum Gasteiger partial charge on any atom is -0.387 e. The molecule has 0 saturated heterocycles. The van der Waals surface area contributed by atoms with Gasteiger partial charge in [-0.3, -0.25) is 13.8 Å². The van der Waals surface area contributed by atoms with Crippen molar-refractivity contribution in [1.29, 1.82) is 0 Å². The summed E-state index contributed by atoms with van der Waals surface area (Å²) < 4.78 is 22.1. The summed E-state index contributed by atoms with van der Waals surface area (Å²) in [7, 11) is -4.35. The van der Waals surface area contributed by atoms with Gasteiger partial charge in [-0.15, -0.1) is 0 Å². The normalized spacial score (nSPS) is 14.7. The molecule has 0 aliphatic carbocycles. The smallest absolute Gasteiger partial charge is 0.387 e. The van der Waals surface area contributed by atoms with Crippen molar-refractivity contribution in [1.82, 2.24) is 5.32 Å². The zero-order chi connectivity index (χ0) is 41.1. The van der Waals surface area contributed by atoms with Gasteiger partial charge in [0.2, 0.25) is 5.91 Å². The van der Waals surface area contributed by atoms with Crippen molar-refractivity contribution in [3.05, 3.63) is 72.9 Å². The van der Waals surface area contributed by atoms with Crippen LogP contribution in [0.3, 0.4) is 0 Å². The highest BCUT2D eigenvalue weighted by Gasteiger charge is 2.26. The summed E-state index contributed by atoms with van der Waals surface area (Å²) in [5.41, 5.74) is 5.37. The summed E-state index contributed by atoms with van der Waals surface area (Å²) >= 11 is 0. The third-order valence-corrected chi connectivity index (χ3v) is 10.5. The Kier molecular flexibility index (Phi) is 41.0. The van der Waals surface area contributed by atoms with Crippen LogP contribution < -0.4 is 11.1 Å². The molecular formula is C47H85N2O6P. The fraction of sp³-hybridized carbons (Fsp3) is 0.723. The number of amides is 1. The maximum Gasteiger partial charge on any atom is 0.472 e. The number of nitrogens with two attached hydrogens (primary N) is 1. The Hall–Kier alpha value is -2.06. The quantitative estimate of drug-likeness (QED) is 0.0275. The summed E-state index contributed by atoms with van der Waals surface area (Å²) in [6, 6.07) is -0.885. The number of carbonyl (C=O) groups excluding carboxylic acids is 1. The van der Waals surface area contributed by atoms with Gasteiger partial charge >= 0.3 is 7.82 Å². The van der Waals surface area contributed by atoms with E-state index in [1.54, 1.807) is 6.08 Å². The van der Waals surface area contributed by atoms with Crippen molar-refractivity contribution in [3.63, 3.8) is 0 Å². The van der Waals surface area contributed by atoms with Gasteiger partial charge in [-0.25, -0.2) is 4.57 Å². The molecule has 0 aromatic heterocycles. The number of hydrogen-bond donors (Lipinski definition) is 4. The zero-order valence-corrected chi connectivity index (χ0v) is 36.7. The van der Waals surface area contributed by atoms with E-state index in [0.717, 1.165) is 77.0 Å². The van der Waals surface area contributed by atoms with Gasteiger partial charge in [-0.05, 0) is 70.6 Å². The summed E-state index contributed by atoms with van der Waals surface area (Å²) in [6.45, 7) is 3.98. The number of rotatable bonds is 41. The molecule has 0 rings (SSSR count). The van der Waals surface area contributed by atoms with Gasteiger partial charge < -0.3 is 21.1 Å². The van der Waals surface area contributed by atoms with Crippen LogP contribution >= 0.6 is 7.82 Å². The van der Waals surface area contributed by atoms with Crippen molar-refractivity contribution in [2.24, 2.45) is 5.73 Å². The van der Waals surface area contributed by atoms with Gasteiger partial charge in [0.25, 0.3) is 0 Å². The van der Waals surface area contributed by atoms with Crippen LogP contribution in [0.15, 0.2) is 72.9 Å². The molecule has 0 bridgehead atoms. The number of allylic oxidation sites excluding steroid dienone is 11. The maximum atomic E-state index is 12.8. The van der Waals surface area contributed by atoms with E-state index in [1.807, 2.05) is 6.08 Å². The molecular weight excluding hydrogens is 719 g/mol. The Labute approximate surface area is 344 Å². The minimum absolute atomic E-state index is 0.0693. The van der Waals surface area contributed by atoms with Gasteiger partial charge in [0.1, 0.15) is 0 Å². The molecule has 1 amide bonds. The highest BCUT2D eigenvalue weighted by atomic mass is 31.2. The number of unbranched alkanes of at least 4 members (excludes halogenated alkanes) is 19. The van der Waals surface area contributed by atoms with Gasteiger partial charge in [0.05, 0.1) is 25.4 Å². The summed E-state index contributed by atoms with van der Waals surface area (Å²) in [5.74, 6) is -0.215. The van der Waals surface area contributed by atoms with E-state index < -0.39 is 20.0 Å². The Bertz CT molecular complexity index is 1100. The van der Waals surface area contributed by atoms with Crippen LogP contribution in [-0.2, 0) is 18.4 Å². The summed E-state index contributed by atoms with van der Waals surface area (Å²) in [5, 5.41) is 13.7. The number of phosphoric ester groups is 1. The first kappa shape index (κ1) is 53.9. The molecule has 0 aliphatic rings. The third-order valence-electron chi connectivity index (χ3n) is 9.52. The van der Waals surface area contributed by atoms with E-state index in [2.05, 4.69) is 79.9 Å². The van der Waals surface area contributed by atoms with Crippen molar-refractivity contribution >= 4 is 13.7 Å². The summed E-state index contributed by atoms with van der Waals surface area (Å²) in [6.07, 6.45) is 55.2. The molecule has 0 aromatic rings. The van der Waals surface area contributed by atoms with E-state index in [1.165, 1.54) is 89.9 Å². The Balaban J connectivity index is 4.25. The lowest BCUT2D eigenvalue weighted by atomic mass is 10.1. The molecule has 0 fully saturated rings. The minimum atomic E-state index is -4.35. The van der Waals surface area contributed by atoms with Crippen LogP contribution in [0.1, 0.15) is 187 Å². The van der Waals surface area contributed by atoms with E-state index in [4.69, 9.17) is 14.8 Å². The SMILES string of the molecule is CC/C=C\C/C=C\C/C=C\C/C=C\CCCCCCCCCCC(=O)NC(COP(=O)(O)OCCN)C(O)/C=C/CC/C=C/CCCCCCCCCCCC. The highest BCUT2D eigenvalue weighted by Crippen LogP contribution is 2.43. The molecule has 9 heteroatoms. The van der Waals surface area contributed by atoms with Crippen molar-refractivity contribution in [3.8, 4) is 0 Å². The lowest BCUT2D eigenvalue weighted by molar-refractivity contribution is -0.123. The van der Waals surface area contributed by atoms with E-state index in [-0.39, 0.29) is 25.7 Å². The topological polar surface area (TPSA) is 131 Å². The molecule has 8 nitrogen and oxygen atoms in total. The first-order chi connectivity index (χ1) is 27.4. The van der Waals surface area contributed by atoms with Gasteiger partial charge in [-0.1, -0.05) is 183 Å². The van der Waals surface area contributed by atoms with Crippen molar-refractivity contribution in [2.45, 2.75) is 199 Å². The molecule has 56 heavy (non-hydrogen) atoms. The van der Waals surface area contributed by atoms with Crippen LogP contribution in [0.5, 0.6) is 0 Å². The van der Waals surface area contributed by atoms with Crippen LogP contribution in [-0.4, -0.2) is 47.8 Å². The highest BCUT2D eigenvalue weighted by molar-refractivity contribution is 7.47. The van der Waals surface area contributed by atoms with Crippen molar-refractivity contribution in [2.75, 3.05) is 19.8 Å². The van der Waals surface area contributed by atoms with Crippen LogP contribution in [0.25, 0.3) is 0 Å². The Morgan fingerprint density at radius 1 is 0.607 bits per heavy atom. The monoisotopic (exact) mass is 805 g/mol. The number of aliphatic hydroxyl groups is 1. The molecule has 0 heterocycles. The molecule has 0 radical (unpaired) electrons. The molecule has 3 unspecified atom stereocenters. The van der Waals surface area contributed by atoms with Crippen molar-refractivity contribution < 1.29 is 28.4 Å². The molecule has 0 spiro atoms. The lowest BCUT2D eigenvalue weighted by Gasteiger charge is -2.23. The molecule has 3 atom stereocenters. The third kappa shape index (κ3) is 40.1. The fourth-order valence-corrected chi connectivity index (χ4v) is 6.90. The Morgan fingerprint density at radius 2 is 1.05 bits per heavy atom. The second kappa shape index (κ2) is 42.5. The number of carbonyl (C=O) groups is 1. The van der Waals surface area contributed by atoms with Crippen LogP contribution in [0, 0.1) is 0 Å². The van der Waals surface area contributed by atoms with Gasteiger partial charge in [0.15, 0.2) is 0 Å². The second-order valence-corrected chi connectivity index (χ2v) is 16.3. The number of phosphoric acid groups is 1. The number of hydrogen-bond acceptors (Lipinski definition) is 6. The first-order valence-electron chi connectivity index (χ1n) is 22.6. The maximum absolute atomic E-state index is 12.8. The average molecular weight is 805 g/mol. The molecule has 0 aromatic carbocycles. The first-order valence-corrected chi connectivity index (χ1v) is 24.1. The van der Waals surface area contributed by atoms with Crippen LogP contribution in [0.4, 0.5) is 0 Å². The number of nitrogens with one attached hydrogen (secondary N) is 1. The standard InChI is InChI=1S/C47H85N2O6P/c1-3-5-7-9-11-13-15-17-19-21-22-23-24-25-27-29-31-33-35-37-39-41-47(51)49-45(44-55-56(52,53)54-43-42-48)46(50)40-38-36-34-32-30-28-26-20-18-16-14-12-10-8-6-4-2/h5,7,11,13,17,19,22-23,30,32,38,40,45-46,50H,3-4,6,8-10,12,14-16,18,20-21,24-29,31,33-37,39,41-44,48H2,1-2H3,(H,49,51)(H,52,53)/b7-5-,13-11-,19-17-,23-22-,32-30+,40-38+. The van der Waals surface area contributed by atoms with E-state index in [9.17, 15) is 19.4 Å². The Morgan fingerprint density at radius 3 is 1.59 bits per heavy atom. The molecule has 5 N–H and O–H groups in total. The lowest BCUT2D eigenvalue weighted by Crippen LogP contribution is -2.45. The predicted molar refractivity (Wildman–Crippen MR) is 240 cm³/mol. The summed E-state index contributed by atoms with van der Waals surface area (Å²) in [4.78, 5) is 22.7. The van der Waals surface area contributed by atoms with Gasteiger partial charge in [-0.2, -0.15) is 0 Å². The molecule has 324 valence electrons. The molecule has 0 saturated carbocycles. The average Bonchev–Trinajstić information content (AvgIpc) is 3.19. The second-order valence-electron chi connectivity index (χ2n) is 14.9.